The summed E-state index contributed by atoms with van der Waals surface area (Å²) in [6, 6.07) is 24.1. The predicted molar refractivity (Wildman–Crippen MR) is 123 cm³/mol. The lowest BCUT2D eigenvalue weighted by Gasteiger charge is -2.28. The third kappa shape index (κ3) is 4.48. The Morgan fingerprint density at radius 2 is 1.56 bits per heavy atom. The molecule has 4 rings (SSSR count). The fraction of sp³-hybridized carbons (Fsp3) is 0.240. The molecule has 0 saturated carbocycles. The number of aromatic nitrogens is 4. The van der Waals surface area contributed by atoms with Crippen LogP contribution in [0.4, 0.5) is 0 Å². The lowest BCUT2D eigenvalue weighted by molar-refractivity contribution is 0.257. The molecule has 1 unspecified atom stereocenters. The quantitative estimate of drug-likeness (QED) is 0.418. The van der Waals surface area contributed by atoms with Gasteiger partial charge in [-0.1, -0.05) is 48.5 Å². The molecule has 4 aromatic rings. The van der Waals surface area contributed by atoms with Gasteiger partial charge in [0.2, 0.25) is 0 Å². The van der Waals surface area contributed by atoms with E-state index >= 15 is 0 Å². The van der Waals surface area contributed by atoms with Crippen LogP contribution in [0.15, 0.2) is 72.8 Å². The Labute approximate surface area is 188 Å². The van der Waals surface area contributed by atoms with Crippen molar-refractivity contribution < 1.29 is 9.47 Å². The second-order valence-electron chi connectivity index (χ2n) is 7.68. The summed E-state index contributed by atoms with van der Waals surface area (Å²) in [6.45, 7) is 2.71. The second kappa shape index (κ2) is 9.62. The Balaban J connectivity index is 1.76. The van der Waals surface area contributed by atoms with Gasteiger partial charge < -0.3 is 9.47 Å². The number of methoxy groups -OCH3 is 2. The summed E-state index contributed by atoms with van der Waals surface area (Å²) in [7, 11) is 5.39. The Morgan fingerprint density at radius 3 is 2.22 bits per heavy atom. The van der Waals surface area contributed by atoms with Crippen LogP contribution in [-0.2, 0) is 6.54 Å². The minimum Gasteiger partial charge on any atom is -0.497 e. The van der Waals surface area contributed by atoms with Crippen LogP contribution in [0.2, 0.25) is 0 Å². The predicted octanol–water partition coefficient (Wildman–Crippen LogP) is 4.21. The summed E-state index contributed by atoms with van der Waals surface area (Å²) in [4.78, 5) is 2.23. The van der Waals surface area contributed by atoms with E-state index in [0.29, 0.717) is 6.54 Å². The standard InChI is InChI=1S/C25H27N5O2/c1-18-10-8-9-13-23(18)30-25(26-27-28-30)24(20-11-6-5-7-12-20)29(2)17-19-14-21(31-3)16-22(15-19)32-4/h5-16,24H,17H2,1-4H3. The zero-order valence-corrected chi connectivity index (χ0v) is 18.8. The van der Waals surface area contributed by atoms with Crippen molar-refractivity contribution in [3.8, 4) is 17.2 Å². The van der Waals surface area contributed by atoms with Gasteiger partial charge in [-0.15, -0.1) is 5.10 Å². The first-order chi connectivity index (χ1) is 15.6. The van der Waals surface area contributed by atoms with E-state index in [-0.39, 0.29) is 6.04 Å². The van der Waals surface area contributed by atoms with Gasteiger partial charge in [0.25, 0.3) is 0 Å². The third-order valence-electron chi connectivity index (χ3n) is 5.48. The largest absolute Gasteiger partial charge is 0.497 e. The van der Waals surface area contributed by atoms with Crippen LogP contribution in [0, 0.1) is 6.92 Å². The topological polar surface area (TPSA) is 65.3 Å². The van der Waals surface area contributed by atoms with E-state index in [4.69, 9.17) is 9.47 Å². The smallest absolute Gasteiger partial charge is 0.178 e. The molecule has 0 aliphatic carbocycles. The molecule has 32 heavy (non-hydrogen) atoms. The molecular formula is C25H27N5O2. The molecule has 3 aromatic carbocycles. The average Bonchev–Trinajstić information content (AvgIpc) is 3.28. The van der Waals surface area contributed by atoms with Gasteiger partial charge in [-0.25, -0.2) is 0 Å². The van der Waals surface area contributed by atoms with Crippen molar-refractivity contribution in [1.82, 2.24) is 25.1 Å². The first kappa shape index (κ1) is 21.5. The lowest BCUT2D eigenvalue weighted by atomic mass is 10.0. The molecule has 7 nitrogen and oxygen atoms in total. The summed E-state index contributed by atoms with van der Waals surface area (Å²) in [5.41, 5.74) is 4.24. The minimum atomic E-state index is -0.164. The monoisotopic (exact) mass is 429 g/mol. The van der Waals surface area contributed by atoms with Crippen LogP contribution in [0.5, 0.6) is 11.5 Å². The Morgan fingerprint density at radius 1 is 0.906 bits per heavy atom. The van der Waals surface area contributed by atoms with Crippen LogP contribution >= 0.6 is 0 Å². The molecule has 0 spiro atoms. The number of hydrogen-bond donors (Lipinski definition) is 0. The Bertz CT molecular complexity index is 1150. The van der Waals surface area contributed by atoms with E-state index in [1.807, 2.05) is 59.3 Å². The van der Waals surface area contributed by atoms with Gasteiger partial charge in [-0.2, -0.15) is 4.68 Å². The average molecular weight is 430 g/mol. The molecule has 7 heteroatoms. The third-order valence-corrected chi connectivity index (χ3v) is 5.48. The van der Waals surface area contributed by atoms with Crippen molar-refractivity contribution in [3.05, 3.63) is 95.3 Å². The number of ether oxygens (including phenoxy) is 2. The molecule has 0 radical (unpaired) electrons. The van der Waals surface area contributed by atoms with Gasteiger partial charge in [-0.3, -0.25) is 4.90 Å². The number of para-hydroxylation sites is 1. The van der Waals surface area contributed by atoms with Crippen LogP contribution < -0.4 is 9.47 Å². The van der Waals surface area contributed by atoms with Crippen molar-refractivity contribution >= 4 is 0 Å². The van der Waals surface area contributed by atoms with Crippen LogP contribution in [0.3, 0.4) is 0 Å². The summed E-state index contributed by atoms with van der Waals surface area (Å²) < 4.78 is 12.7. The number of hydrogen-bond acceptors (Lipinski definition) is 6. The maximum absolute atomic E-state index is 5.45. The summed E-state index contributed by atoms with van der Waals surface area (Å²) in [5.74, 6) is 2.27. The normalized spacial score (nSPS) is 12.0. The number of aryl methyl sites for hydroxylation is 1. The molecule has 0 saturated heterocycles. The highest BCUT2D eigenvalue weighted by molar-refractivity contribution is 5.41. The van der Waals surface area contributed by atoms with Crippen molar-refractivity contribution in [2.45, 2.75) is 19.5 Å². The highest BCUT2D eigenvalue weighted by atomic mass is 16.5. The van der Waals surface area contributed by atoms with Gasteiger partial charge in [0.1, 0.15) is 11.5 Å². The van der Waals surface area contributed by atoms with Gasteiger partial charge in [0.05, 0.1) is 25.9 Å². The SMILES string of the molecule is COc1cc(CN(C)C(c2ccccc2)c2nnnn2-c2ccccc2C)cc(OC)c1. The van der Waals surface area contributed by atoms with E-state index in [2.05, 4.69) is 52.6 Å². The molecule has 0 amide bonds. The van der Waals surface area contributed by atoms with E-state index in [9.17, 15) is 0 Å². The van der Waals surface area contributed by atoms with Gasteiger partial charge in [0.15, 0.2) is 5.82 Å². The van der Waals surface area contributed by atoms with E-state index < -0.39 is 0 Å². The summed E-state index contributed by atoms with van der Waals surface area (Å²) in [6.07, 6.45) is 0. The van der Waals surface area contributed by atoms with Crippen LogP contribution in [0.1, 0.15) is 28.6 Å². The first-order valence-electron chi connectivity index (χ1n) is 10.4. The van der Waals surface area contributed by atoms with Crippen LogP contribution in [0.25, 0.3) is 5.69 Å². The summed E-state index contributed by atoms with van der Waals surface area (Å²) in [5, 5.41) is 12.8. The van der Waals surface area contributed by atoms with Crippen molar-refractivity contribution in [3.63, 3.8) is 0 Å². The van der Waals surface area contributed by atoms with Crippen molar-refractivity contribution in [1.29, 1.82) is 0 Å². The van der Waals surface area contributed by atoms with Crippen LogP contribution in [-0.4, -0.2) is 46.4 Å². The lowest BCUT2D eigenvalue weighted by Crippen LogP contribution is -2.28. The van der Waals surface area contributed by atoms with Crippen molar-refractivity contribution in [2.24, 2.45) is 0 Å². The minimum absolute atomic E-state index is 0.164. The molecule has 1 atom stereocenters. The molecule has 1 aromatic heterocycles. The highest BCUT2D eigenvalue weighted by Gasteiger charge is 2.27. The Hall–Kier alpha value is -3.71. The molecule has 164 valence electrons. The highest BCUT2D eigenvalue weighted by Crippen LogP contribution is 2.31. The zero-order valence-electron chi connectivity index (χ0n) is 18.8. The fourth-order valence-corrected chi connectivity index (χ4v) is 3.91. The van der Waals surface area contributed by atoms with E-state index in [1.165, 1.54) is 0 Å². The number of nitrogens with zero attached hydrogens (tertiary/aromatic N) is 5. The molecule has 0 aliphatic rings. The molecular weight excluding hydrogens is 402 g/mol. The molecule has 0 fully saturated rings. The maximum atomic E-state index is 5.45. The number of benzene rings is 3. The van der Waals surface area contributed by atoms with Gasteiger partial charge >= 0.3 is 0 Å². The second-order valence-corrected chi connectivity index (χ2v) is 7.68. The number of tetrazole rings is 1. The van der Waals surface area contributed by atoms with Crippen molar-refractivity contribution in [2.75, 3.05) is 21.3 Å². The molecule has 1 heterocycles. The Kier molecular flexibility index (Phi) is 6.47. The fourth-order valence-electron chi connectivity index (χ4n) is 3.91. The molecule has 0 bridgehead atoms. The van der Waals surface area contributed by atoms with E-state index in [1.54, 1.807) is 14.2 Å². The first-order valence-corrected chi connectivity index (χ1v) is 10.4. The van der Waals surface area contributed by atoms with E-state index in [0.717, 1.165) is 39.7 Å². The zero-order chi connectivity index (χ0) is 22.5. The maximum Gasteiger partial charge on any atom is 0.178 e. The molecule has 0 N–H and O–H groups in total. The molecule has 0 aliphatic heterocycles. The van der Waals surface area contributed by atoms with Gasteiger partial charge in [0, 0.05) is 12.6 Å². The number of rotatable bonds is 8. The summed E-state index contributed by atoms with van der Waals surface area (Å²) >= 11 is 0. The van der Waals surface area contributed by atoms with Gasteiger partial charge in [-0.05, 0) is 59.3 Å².